The fourth-order valence-electron chi connectivity index (χ4n) is 10.4. The van der Waals surface area contributed by atoms with Crippen molar-refractivity contribution >= 4 is 49.6 Å². The number of aromatic nitrogens is 5. The van der Waals surface area contributed by atoms with E-state index in [-0.39, 0.29) is 0 Å². The first-order valence-corrected chi connectivity index (χ1v) is 20.6. The van der Waals surface area contributed by atoms with Gasteiger partial charge < -0.3 is 9.47 Å². The summed E-state index contributed by atoms with van der Waals surface area (Å²) in [5.41, 5.74) is 17.7. The van der Waals surface area contributed by atoms with Crippen LogP contribution in [0.5, 0.6) is 0 Å². The summed E-state index contributed by atoms with van der Waals surface area (Å²) in [4.78, 5) is 20.1. The predicted octanol–water partition coefficient (Wildman–Crippen LogP) is 13.0. The Labute approximate surface area is 351 Å². The summed E-state index contributed by atoms with van der Waals surface area (Å²) in [6, 6.07) is 62.8. The van der Waals surface area contributed by atoms with E-state index in [1.165, 1.54) is 54.9 Å². The van der Waals surface area contributed by atoms with E-state index in [1.54, 1.807) is 12.7 Å². The van der Waals surface area contributed by atoms with Crippen LogP contribution in [0.15, 0.2) is 207 Å². The first kappa shape index (κ1) is 33.7. The maximum atomic E-state index is 4.43. The maximum absolute atomic E-state index is 4.43. The van der Waals surface area contributed by atoms with Crippen molar-refractivity contribution in [1.29, 1.82) is 0 Å². The first-order chi connectivity index (χ1) is 30.3. The molecular weight excluding hydrogens is 745 g/mol. The lowest BCUT2D eigenvalue weighted by molar-refractivity contribution is 0.754. The average molecular weight is 779 g/mol. The summed E-state index contributed by atoms with van der Waals surface area (Å²) in [6.07, 6.45) is 10.8. The third kappa shape index (κ3) is 4.73. The van der Waals surface area contributed by atoms with Gasteiger partial charge in [0.2, 0.25) is 0 Å². The fraction of sp³-hybridized carbons (Fsp3) is 0.0182. The van der Waals surface area contributed by atoms with Crippen LogP contribution in [0.2, 0.25) is 0 Å². The van der Waals surface area contributed by atoms with Gasteiger partial charge >= 0.3 is 0 Å². The highest BCUT2D eigenvalue weighted by atomic mass is 15.2. The Morgan fingerprint density at radius 2 is 0.934 bits per heavy atom. The van der Waals surface area contributed by atoms with Crippen LogP contribution in [0.3, 0.4) is 0 Å². The van der Waals surface area contributed by atoms with Crippen molar-refractivity contribution in [2.75, 3.05) is 4.90 Å². The highest BCUT2D eigenvalue weighted by molar-refractivity contribution is 6.14. The minimum Gasteiger partial charge on any atom is -0.310 e. The molecular formula is C55H34N6. The Hall–Kier alpha value is -8.22. The molecule has 11 aromatic rings. The molecule has 6 nitrogen and oxygen atoms in total. The number of benzene rings is 8. The van der Waals surface area contributed by atoms with Crippen LogP contribution < -0.4 is 4.90 Å². The molecule has 0 fully saturated rings. The highest BCUT2D eigenvalue weighted by Crippen LogP contribution is 2.64. The average Bonchev–Trinajstić information content (AvgIpc) is 3.80. The molecule has 3 aromatic heterocycles. The van der Waals surface area contributed by atoms with E-state index in [4.69, 9.17) is 0 Å². The number of hydrogen-bond donors (Lipinski definition) is 0. The molecule has 1 spiro atoms. The predicted molar refractivity (Wildman–Crippen MR) is 246 cm³/mol. The Balaban J connectivity index is 1.19. The van der Waals surface area contributed by atoms with Crippen molar-refractivity contribution in [1.82, 2.24) is 24.5 Å². The van der Waals surface area contributed by atoms with Gasteiger partial charge in [-0.3, -0.25) is 0 Å². The lowest BCUT2D eigenvalue weighted by atomic mass is 9.64. The minimum absolute atomic E-state index is 0.665. The molecule has 0 radical (unpaired) electrons. The largest absolute Gasteiger partial charge is 0.310 e. The summed E-state index contributed by atoms with van der Waals surface area (Å²) in [5, 5.41) is 4.76. The molecule has 8 aromatic carbocycles. The van der Waals surface area contributed by atoms with E-state index in [0.29, 0.717) is 0 Å². The van der Waals surface area contributed by atoms with Gasteiger partial charge in [-0.25, -0.2) is 19.9 Å². The fourth-order valence-corrected chi connectivity index (χ4v) is 10.4. The normalized spacial score (nSPS) is 13.3. The highest BCUT2D eigenvalue weighted by Gasteiger charge is 2.52. The van der Waals surface area contributed by atoms with Crippen LogP contribution in [0.1, 0.15) is 22.3 Å². The molecule has 284 valence electrons. The molecule has 0 atom stereocenters. The third-order valence-electron chi connectivity index (χ3n) is 12.9. The monoisotopic (exact) mass is 778 g/mol. The van der Waals surface area contributed by atoms with Crippen LogP contribution in [0, 0.1) is 0 Å². The van der Waals surface area contributed by atoms with Crippen molar-refractivity contribution in [3.05, 3.63) is 230 Å². The van der Waals surface area contributed by atoms with Gasteiger partial charge in [-0.05, 0) is 111 Å². The van der Waals surface area contributed by atoms with Crippen LogP contribution in [-0.2, 0) is 5.41 Å². The Bertz CT molecular complexity index is 3490. The van der Waals surface area contributed by atoms with Gasteiger partial charge in [0, 0.05) is 57.8 Å². The van der Waals surface area contributed by atoms with E-state index in [1.807, 2.05) is 24.8 Å². The number of rotatable bonds is 4. The molecule has 0 unspecified atom stereocenters. The van der Waals surface area contributed by atoms with E-state index < -0.39 is 5.41 Å². The van der Waals surface area contributed by atoms with Gasteiger partial charge in [-0.2, -0.15) is 0 Å². The van der Waals surface area contributed by atoms with E-state index in [2.05, 4.69) is 199 Å². The van der Waals surface area contributed by atoms with Gasteiger partial charge in [-0.15, -0.1) is 0 Å². The second-order valence-corrected chi connectivity index (χ2v) is 16.0. The van der Waals surface area contributed by atoms with Crippen molar-refractivity contribution in [2.45, 2.75) is 5.41 Å². The summed E-state index contributed by atoms with van der Waals surface area (Å²) in [5.74, 6) is 0. The maximum Gasteiger partial charge on any atom is 0.115 e. The Morgan fingerprint density at radius 3 is 1.67 bits per heavy atom. The third-order valence-corrected chi connectivity index (χ3v) is 12.9. The zero-order valence-electron chi connectivity index (χ0n) is 32.8. The molecule has 1 aliphatic carbocycles. The minimum atomic E-state index is -0.665. The Kier molecular flexibility index (Phi) is 7.13. The van der Waals surface area contributed by atoms with E-state index >= 15 is 0 Å². The number of para-hydroxylation sites is 3. The molecule has 61 heavy (non-hydrogen) atoms. The molecule has 13 rings (SSSR count). The quantitative estimate of drug-likeness (QED) is 0.178. The number of nitrogens with zero attached hydrogens (tertiary/aromatic N) is 6. The number of fused-ring (bicyclic) bond motifs is 13. The van der Waals surface area contributed by atoms with Crippen molar-refractivity contribution in [2.24, 2.45) is 0 Å². The smallest absolute Gasteiger partial charge is 0.115 e. The molecule has 6 heteroatoms. The van der Waals surface area contributed by atoms with Crippen LogP contribution in [0.25, 0.3) is 71.6 Å². The lowest BCUT2D eigenvalue weighted by Gasteiger charge is -2.45. The van der Waals surface area contributed by atoms with Gasteiger partial charge in [0.1, 0.15) is 12.7 Å². The molecule has 0 saturated heterocycles. The molecule has 0 N–H and O–H groups in total. The molecule has 4 heterocycles. The van der Waals surface area contributed by atoms with Crippen molar-refractivity contribution in [3.8, 4) is 39.1 Å². The van der Waals surface area contributed by atoms with Crippen LogP contribution in [0.4, 0.5) is 17.1 Å². The topological polar surface area (TPSA) is 59.7 Å². The van der Waals surface area contributed by atoms with Gasteiger partial charge in [0.05, 0.1) is 33.5 Å². The molecule has 0 saturated carbocycles. The second kappa shape index (κ2) is 12.9. The summed E-state index contributed by atoms with van der Waals surface area (Å²) in [7, 11) is 0. The SMILES string of the molecule is c1ccc(N2c3ccccc3C3(c4cc(-c5cncnc5)ccc4-c4cc5c(cc43)c3cc(-c4cncnc4)ccc3n5-c3cccc4ccccc34)c3ccccc32)cc1. The van der Waals surface area contributed by atoms with Crippen molar-refractivity contribution < 1.29 is 0 Å². The number of hydrogen-bond acceptors (Lipinski definition) is 5. The summed E-state index contributed by atoms with van der Waals surface area (Å²) >= 11 is 0. The lowest BCUT2D eigenvalue weighted by Crippen LogP contribution is -2.36. The molecule has 2 aliphatic rings. The summed E-state index contributed by atoms with van der Waals surface area (Å²) in [6.45, 7) is 0. The summed E-state index contributed by atoms with van der Waals surface area (Å²) < 4.78 is 2.47. The second-order valence-electron chi connectivity index (χ2n) is 16.0. The molecule has 0 bridgehead atoms. The standard InChI is InChI=1S/C55H34N6/c1-2-13-40(14-3-1)60-52-18-8-6-16-46(52)55(47-17-7-9-19-53(47)60)48-26-37(39-31-58-34-59-32-39)21-23-42(48)43-28-54-45(27-49(43)55)44-25-36(38-29-56-33-57-30-38)22-24-51(44)61(54)50-20-10-12-35-11-4-5-15-41(35)50/h1-34H. The number of anilines is 3. The van der Waals surface area contributed by atoms with Crippen molar-refractivity contribution in [3.63, 3.8) is 0 Å². The van der Waals surface area contributed by atoms with Gasteiger partial charge in [0.15, 0.2) is 0 Å². The van der Waals surface area contributed by atoms with E-state index in [9.17, 15) is 0 Å². The van der Waals surface area contributed by atoms with Gasteiger partial charge in [-0.1, -0.05) is 109 Å². The molecule has 0 amide bonds. The molecule has 1 aliphatic heterocycles. The zero-order chi connectivity index (χ0) is 40.1. The first-order valence-electron chi connectivity index (χ1n) is 20.6. The van der Waals surface area contributed by atoms with Gasteiger partial charge in [0.25, 0.3) is 0 Å². The zero-order valence-corrected chi connectivity index (χ0v) is 32.8. The van der Waals surface area contributed by atoms with Crippen LogP contribution in [-0.4, -0.2) is 24.5 Å². The van der Waals surface area contributed by atoms with E-state index in [0.717, 1.165) is 56.0 Å². The van der Waals surface area contributed by atoms with Crippen LogP contribution >= 0.6 is 0 Å². The Morgan fingerprint density at radius 1 is 0.361 bits per heavy atom.